The van der Waals surface area contributed by atoms with Crippen molar-refractivity contribution < 1.29 is 4.52 Å². The number of aryl methyl sites for hydroxylation is 1. The fourth-order valence-electron chi connectivity index (χ4n) is 2.62. The highest BCUT2D eigenvalue weighted by atomic mass is 79.9. The number of aromatic nitrogens is 2. The van der Waals surface area contributed by atoms with E-state index in [1.54, 1.807) is 0 Å². The van der Waals surface area contributed by atoms with Crippen molar-refractivity contribution in [3.63, 3.8) is 0 Å². The number of nitrogens with one attached hydrogen (secondary N) is 1. The fourth-order valence-corrected chi connectivity index (χ4v) is 3.20. The van der Waals surface area contributed by atoms with Crippen LogP contribution in [0, 0.1) is 6.92 Å². The predicted molar refractivity (Wildman–Crippen MR) is 75.9 cm³/mol. The third-order valence-electron chi connectivity index (χ3n) is 3.51. The predicted octanol–water partition coefficient (Wildman–Crippen LogP) is 2.96. The molecular formula is C14H16BrN3O. The van der Waals surface area contributed by atoms with Crippen LogP contribution in [0.3, 0.4) is 0 Å². The molecule has 1 N–H and O–H groups in total. The zero-order valence-electron chi connectivity index (χ0n) is 10.8. The Labute approximate surface area is 120 Å². The molecule has 1 aliphatic rings. The second-order valence-corrected chi connectivity index (χ2v) is 5.69. The van der Waals surface area contributed by atoms with E-state index in [9.17, 15) is 0 Å². The molecule has 1 heterocycles. The first kappa shape index (κ1) is 12.8. The number of halogens is 1. The highest BCUT2D eigenvalue weighted by Gasteiger charge is 2.23. The first-order valence-electron chi connectivity index (χ1n) is 6.54. The zero-order chi connectivity index (χ0) is 13.2. The zero-order valence-corrected chi connectivity index (χ0v) is 12.4. The number of rotatable bonds is 4. The van der Waals surface area contributed by atoms with E-state index in [1.807, 2.05) is 6.92 Å². The lowest BCUT2D eigenvalue weighted by molar-refractivity contribution is 0.369. The van der Waals surface area contributed by atoms with Crippen LogP contribution in [0.5, 0.6) is 0 Å². The Balaban J connectivity index is 1.59. The molecule has 100 valence electrons. The standard InChI is InChI=1S/C14H16BrN3O/c1-9-17-14(19-18-9)7-8-16-13-6-5-10-11(13)3-2-4-12(10)15/h2-4,13,16H,5-8H2,1H3. The van der Waals surface area contributed by atoms with Gasteiger partial charge in [0.15, 0.2) is 5.82 Å². The van der Waals surface area contributed by atoms with Crippen LogP contribution in [-0.4, -0.2) is 16.7 Å². The molecular weight excluding hydrogens is 306 g/mol. The largest absolute Gasteiger partial charge is 0.339 e. The van der Waals surface area contributed by atoms with Crippen molar-refractivity contribution in [2.24, 2.45) is 0 Å². The summed E-state index contributed by atoms with van der Waals surface area (Å²) in [6.45, 7) is 2.70. The van der Waals surface area contributed by atoms with Crippen LogP contribution in [0.15, 0.2) is 27.2 Å². The lowest BCUT2D eigenvalue weighted by Crippen LogP contribution is -2.22. The Morgan fingerprint density at radius 3 is 3.16 bits per heavy atom. The molecule has 1 aliphatic carbocycles. The van der Waals surface area contributed by atoms with E-state index in [1.165, 1.54) is 15.6 Å². The van der Waals surface area contributed by atoms with Gasteiger partial charge in [0.05, 0.1) is 0 Å². The van der Waals surface area contributed by atoms with E-state index in [2.05, 4.69) is 49.6 Å². The SMILES string of the molecule is Cc1noc(CCNC2CCc3c(Br)cccc32)n1. The minimum absolute atomic E-state index is 0.441. The minimum Gasteiger partial charge on any atom is -0.339 e. The molecule has 0 saturated carbocycles. The summed E-state index contributed by atoms with van der Waals surface area (Å²) in [6.07, 6.45) is 3.07. The molecule has 0 amide bonds. The topological polar surface area (TPSA) is 51.0 Å². The number of hydrogen-bond acceptors (Lipinski definition) is 4. The van der Waals surface area contributed by atoms with Gasteiger partial charge in [-0.05, 0) is 37.0 Å². The van der Waals surface area contributed by atoms with Crippen molar-refractivity contribution in [3.8, 4) is 0 Å². The fraction of sp³-hybridized carbons (Fsp3) is 0.429. The first-order chi connectivity index (χ1) is 9.24. The maximum atomic E-state index is 5.11. The molecule has 0 saturated heterocycles. The average molecular weight is 322 g/mol. The molecule has 0 radical (unpaired) electrons. The molecule has 5 heteroatoms. The minimum atomic E-state index is 0.441. The molecule has 1 aromatic heterocycles. The van der Waals surface area contributed by atoms with Crippen molar-refractivity contribution in [1.29, 1.82) is 0 Å². The van der Waals surface area contributed by atoms with Gasteiger partial charge in [0.2, 0.25) is 5.89 Å². The lowest BCUT2D eigenvalue weighted by atomic mass is 10.1. The van der Waals surface area contributed by atoms with Gasteiger partial charge in [0.1, 0.15) is 0 Å². The number of hydrogen-bond donors (Lipinski definition) is 1. The molecule has 0 bridgehead atoms. The number of benzene rings is 1. The van der Waals surface area contributed by atoms with Gasteiger partial charge in [0.25, 0.3) is 0 Å². The van der Waals surface area contributed by atoms with Crippen LogP contribution in [0.25, 0.3) is 0 Å². The molecule has 0 fully saturated rings. The van der Waals surface area contributed by atoms with Crippen molar-refractivity contribution in [3.05, 3.63) is 45.5 Å². The molecule has 1 aromatic carbocycles. The van der Waals surface area contributed by atoms with Crippen LogP contribution < -0.4 is 5.32 Å². The van der Waals surface area contributed by atoms with E-state index in [0.29, 0.717) is 17.8 Å². The van der Waals surface area contributed by atoms with E-state index >= 15 is 0 Å². The van der Waals surface area contributed by atoms with E-state index in [4.69, 9.17) is 4.52 Å². The lowest BCUT2D eigenvalue weighted by Gasteiger charge is -2.13. The molecule has 1 unspecified atom stereocenters. The van der Waals surface area contributed by atoms with Gasteiger partial charge >= 0.3 is 0 Å². The highest BCUT2D eigenvalue weighted by Crippen LogP contribution is 2.35. The molecule has 0 aliphatic heterocycles. The number of fused-ring (bicyclic) bond motifs is 1. The highest BCUT2D eigenvalue weighted by molar-refractivity contribution is 9.10. The van der Waals surface area contributed by atoms with Gasteiger partial charge in [-0.3, -0.25) is 0 Å². The van der Waals surface area contributed by atoms with Gasteiger partial charge in [-0.25, -0.2) is 0 Å². The second kappa shape index (κ2) is 5.43. The van der Waals surface area contributed by atoms with Gasteiger partial charge in [0, 0.05) is 23.5 Å². The van der Waals surface area contributed by atoms with E-state index in [-0.39, 0.29) is 0 Å². The summed E-state index contributed by atoms with van der Waals surface area (Å²) in [5.41, 5.74) is 2.85. The van der Waals surface area contributed by atoms with Crippen LogP contribution in [0.4, 0.5) is 0 Å². The average Bonchev–Trinajstić information content (AvgIpc) is 2.98. The summed E-state index contributed by atoms with van der Waals surface area (Å²) in [5, 5.41) is 7.37. The molecule has 0 spiro atoms. The normalized spacial score (nSPS) is 17.7. The Morgan fingerprint density at radius 2 is 2.37 bits per heavy atom. The molecule has 2 aromatic rings. The number of nitrogens with zero attached hydrogens (tertiary/aromatic N) is 2. The summed E-state index contributed by atoms with van der Waals surface area (Å²) in [5.74, 6) is 1.41. The van der Waals surface area contributed by atoms with E-state index in [0.717, 1.165) is 25.8 Å². The van der Waals surface area contributed by atoms with Gasteiger partial charge in [-0.15, -0.1) is 0 Å². The maximum absolute atomic E-state index is 5.11. The quantitative estimate of drug-likeness (QED) is 0.940. The Bertz CT molecular complexity index is 582. The Kier molecular flexibility index (Phi) is 3.66. The van der Waals surface area contributed by atoms with E-state index < -0.39 is 0 Å². The molecule has 1 atom stereocenters. The molecule has 3 rings (SSSR count). The maximum Gasteiger partial charge on any atom is 0.227 e. The van der Waals surface area contributed by atoms with Crippen molar-refractivity contribution in [1.82, 2.24) is 15.5 Å². The Morgan fingerprint density at radius 1 is 1.47 bits per heavy atom. The summed E-state index contributed by atoms with van der Waals surface area (Å²) in [7, 11) is 0. The van der Waals surface area contributed by atoms with Crippen LogP contribution in [0.1, 0.15) is 35.3 Å². The molecule has 19 heavy (non-hydrogen) atoms. The van der Waals surface area contributed by atoms with Gasteiger partial charge in [-0.1, -0.05) is 33.2 Å². The van der Waals surface area contributed by atoms with Crippen molar-refractivity contribution in [2.75, 3.05) is 6.54 Å². The first-order valence-corrected chi connectivity index (χ1v) is 7.33. The summed E-state index contributed by atoms with van der Waals surface area (Å²) in [6, 6.07) is 6.87. The monoisotopic (exact) mass is 321 g/mol. The van der Waals surface area contributed by atoms with Crippen LogP contribution in [0.2, 0.25) is 0 Å². The van der Waals surface area contributed by atoms with Crippen LogP contribution in [-0.2, 0) is 12.8 Å². The second-order valence-electron chi connectivity index (χ2n) is 4.84. The Hall–Kier alpha value is -1.20. The summed E-state index contributed by atoms with van der Waals surface area (Å²) in [4.78, 5) is 4.21. The van der Waals surface area contributed by atoms with Gasteiger partial charge in [-0.2, -0.15) is 4.98 Å². The van der Waals surface area contributed by atoms with Crippen LogP contribution >= 0.6 is 15.9 Å². The van der Waals surface area contributed by atoms with Crippen molar-refractivity contribution in [2.45, 2.75) is 32.2 Å². The van der Waals surface area contributed by atoms with Crippen molar-refractivity contribution >= 4 is 15.9 Å². The van der Waals surface area contributed by atoms with Gasteiger partial charge < -0.3 is 9.84 Å². The third kappa shape index (κ3) is 2.72. The summed E-state index contributed by atoms with van der Waals surface area (Å²) >= 11 is 3.62. The third-order valence-corrected chi connectivity index (χ3v) is 4.26. The smallest absolute Gasteiger partial charge is 0.227 e. The molecule has 4 nitrogen and oxygen atoms in total. The summed E-state index contributed by atoms with van der Waals surface area (Å²) < 4.78 is 6.33.